The Balaban J connectivity index is 2.21. The molecule has 0 saturated carbocycles. The fourth-order valence-corrected chi connectivity index (χ4v) is 3.30. The first-order valence-electron chi connectivity index (χ1n) is 8.33. The van der Waals surface area contributed by atoms with E-state index in [1.165, 1.54) is 24.5 Å². The molecule has 0 saturated heterocycles. The van der Waals surface area contributed by atoms with Gasteiger partial charge in [-0.15, -0.1) is 0 Å². The molecule has 0 radical (unpaired) electrons. The average molecular weight is 448 g/mol. The van der Waals surface area contributed by atoms with E-state index in [-0.39, 0.29) is 29.2 Å². The van der Waals surface area contributed by atoms with Crippen LogP contribution in [0.5, 0.6) is 0 Å². The molecule has 2 amide bonds. The van der Waals surface area contributed by atoms with E-state index < -0.39 is 39.9 Å². The molecule has 0 aliphatic carbocycles. The lowest BCUT2D eigenvalue weighted by molar-refractivity contribution is -0.132. The zero-order valence-electron chi connectivity index (χ0n) is 15.4. The molecule has 1 heterocycles. The summed E-state index contributed by atoms with van der Waals surface area (Å²) in [6, 6.07) is 4.76. The number of hydrogen-bond acceptors (Lipinski definition) is 5. The van der Waals surface area contributed by atoms with Gasteiger partial charge in [0.15, 0.2) is 0 Å². The van der Waals surface area contributed by atoms with Crippen LogP contribution in [0.15, 0.2) is 36.5 Å². The van der Waals surface area contributed by atoms with Gasteiger partial charge in [0.05, 0.1) is 29.2 Å². The number of pyridine rings is 1. The Kier molecular flexibility index (Phi) is 7.32. The highest BCUT2D eigenvalue weighted by atomic mass is 32.2. The summed E-state index contributed by atoms with van der Waals surface area (Å²) in [5.74, 6) is -4.92. The molecule has 0 unspecified atom stereocenters. The second-order valence-corrected chi connectivity index (χ2v) is 8.00. The number of anilines is 1. The fourth-order valence-electron chi connectivity index (χ4n) is 2.23. The Morgan fingerprint density at radius 3 is 2.23 bits per heavy atom. The van der Waals surface area contributed by atoms with Crippen molar-refractivity contribution in [1.82, 2.24) is 15.8 Å². The maximum Gasteiger partial charge on any atom is 0.317 e. The Morgan fingerprint density at radius 1 is 1.10 bits per heavy atom. The Labute approximate surface area is 168 Å². The highest BCUT2D eigenvalue weighted by Gasteiger charge is 2.23. The highest BCUT2D eigenvalue weighted by Crippen LogP contribution is 2.23. The number of hydrazine groups is 1. The zero-order valence-corrected chi connectivity index (χ0v) is 16.2. The number of nitrogens with zero attached hydrogens (tertiary/aromatic N) is 2. The minimum Gasteiger partial charge on any atom is -0.267 e. The zero-order chi connectivity index (χ0) is 22.5. The number of rotatable bonds is 7. The van der Waals surface area contributed by atoms with Crippen LogP contribution >= 0.6 is 0 Å². The number of halogens is 4. The van der Waals surface area contributed by atoms with Gasteiger partial charge in [-0.25, -0.2) is 17.2 Å². The molecular weight excluding hydrogens is 432 g/mol. The molecule has 0 spiro atoms. The Hall–Kier alpha value is -3.22. The second-order valence-electron chi connectivity index (χ2n) is 5.82. The van der Waals surface area contributed by atoms with Crippen LogP contribution in [-0.2, 0) is 21.4 Å². The predicted octanol–water partition coefficient (Wildman–Crippen LogP) is 1.74. The molecule has 0 atom stereocenters. The summed E-state index contributed by atoms with van der Waals surface area (Å²) in [6.07, 6.45) is -2.30. The number of carbonyl (C=O) groups excluding carboxylic acids is 2. The number of carbonyl (C=O) groups is 2. The van der Waals surface area contributed by atoms with E-state index in [1.54, 1.807) is 5.43 Å². The summed E-state index contributed by atoms with van der Waals surface area (Å²) in [5.41, 5.74) is 3.05. The van der Waals surface area contributed by atoms with Gasteiger partial charge in [0.25, 0.3) is 5.91 Å². The van der Waals surface area contributed by atoms with Gasteiger partial charge in [-0.3, -0.25) is 29.7 Å². The van der Waals surface area contributed by atoms with Gasteiger partial charge in [-0.05, 0) is 31.2 Å². The van der Waals surface area contributed by atoms with Gasteiger partial charge in [0.2, 0.25) is 10.0 Å². The molecule has 8 nitrogen and oxygen atoms in total. The molecule has 13 heteroatoms. The topological polar surface area (TPSA) is 108 Å². The van der Waals surface area contributed by atoms with Crippen molar-refractivity contribution >= 4 is 27.5 Å². The molecule has 2 rings (SSSR count). The number of benzene rings is 1. The van der Waals surface area contributed by atoms with Crippen LogP contribution < -0.4 is 15.2 Å². The van der Waals surface area contributed by atoms with Gasteiger partial charge in [-0.1, -0.05) is 0 Å². The van der Waals surface area contributed by atoms with E-state index in [1.807, 2.05) is 0 Å². The smallest absolute Gasteiger partial charge is 0.267 e. The van der Waals surface area contributed by atoms with Crippen molar-refractivity contribution in [2.75, 3.05) is 10.1 Å². The van der Waals surface area contributed by atoms with Crippen LogP contribution in [0, 0.1) is 11.6 Å². The summed E-state index contributed by atoms with van der Waals surface area (Å²) in [7, 11) is -3.94. The summed E-state index contributed by atoms with van der Waals surface area (Å²) >= 11 is 0. The van der Waals surface area contributed by atoms with Crippen molar-refractivity contribution in [3.8, 4) is 0 Å². The number of aromatic nitrogens is 1. The van der Waals surface area contributed by atoms with Crippen molar-refractivity contribution in [2.24, 2.45) is 0 Å². The summed E-state index contributed by atoms with van der Waals surface area (Å²) in [5, 5.41) is 0. The SMILES string of the molecule is CCS(=O)(=O)N(Cc1ccc(C(=O)NNC(=O)C(F)F)cn1)c1cc(F)cc(F)c1. The third-order valence-corrected chi connectivity index (χ3v) is 5.47. The van der Waals surface area contributed by atoms with Gasteiger partial charge in [0, 0.05) is 12.3 Å². The van der Waals surface area contributed by atoms with Gasteiger partial charge in [-0.2, -0.15) is 8.78 Å². The normalized spacial score (nSPS) is 11.3. The van der Waals surface area contributed by atoms with Crippen molar-refractivity contribution < 1.29 is 35.6 Å². The highest BCUT2D eigenvalue weighted by molar-refractivity contribution is 7.92. The minimum absolute atomic E-state index is 0.116. The minimum atomic E-state index is -3.94. The maximum atomic E-state index is 13.5. The van der Waals surface area contributed by atoms with E-state index >= 15 is 0 Å². The summed E-state index contributed by atoms with van der Waals surface area (Å²) < 4.78 is 76.8. The maximum absolute atomic E-state index is 13.5. The molecular formula is C17H16F4N4O4S. The van der Waals surface area contributed by atoms with Crippen LogP contribution in [0.4, 0.5) is 23.2 Å². The van der Waals surface area contributed by atoms with Crippen molar-refractivity contribution in [2.45, 2.75) is 19.9 Å². The molecule has 30 heavy (non-hydrogen) atoms. The lowest BCUT2D eigenvalue weighted by atomic mass is 10.2. The number of amides is 2. The second kappa shape index (κ2) is 9.52. The first-order chi connectivity index (χ1) is 14.0. The van der Waals surface area contributed by atoms with E-state index in [0.717, 1.165) is 22.6 Å². The van der Waals surface area contributed by atoms with Crippen LogP contribution in [0.2, 0.25) is 0 Å². The van der Waals surface area contributed by atoms with Gasteiger partial charge < -0.3 is 0 Å². The van der Waals surface area contributed by atoms with E-state index in [0.29, 0.717) is 6.07 Å². The first kappa shape index (κ1) is 23.1. The molecule has 1 aromatic carbocycles. The molecule has 0 fully saturated rings. The van der Waals surface area contributed by atoms with Crippen LogP contribution in [0.3, 0.4) is 0 Å². The van der Waals surface area contributed by atoms with E-state index in [2.05, 4.69) is 4.98 Å². The first-order valence-corrected chi connectivity index (χ1v) is 9.94. The molecule has 0 aliphatic rings. The van der Waals surface area contributed by atoms with Gasteiger partial charge >= 0.3 is 12.3 Å². The monoisotopic (exact) mass is 448 g/mol. The summed E-state index contributed by atoms with van der Waals surface area (Å²) in [6.45, 7) is 0.968. The summed E-state index contributed by atoms with van der Waals surface area (Å²) in [4.78, 5) is 26.5. The number of nitrogens with one attached hydrogen (secondary N) is 2. The standard InChI is InChI=1S/C17H16F4N4O4S/c1-2-30(28,29)25(14-6-11(18)5-12(19)7-14)9-13-4-3-10(8-22-13)16(26)23-24-17(27)15(20)21/h3-8,15H,2,9H2,1H3,(H,23,26)(H,24,27). The Bertz CT molecular complexity index is 1010. The lowest BCUT2D eigenvalue weighted by Gasteiger charge is -2.23. The predicted molar refractivity (Wildman–Crippen MR) is 97.9 cm³/mol. The van der Waals surface area contributed by atoms with E-state index in [4.69, 9.17) is 0 Å². The molecule has 0 bridgehead atoms. The average Bonchev–Trinajstić information content (AvgIpc) is 2.69. The molecule has 1 aromatic heterocycles. The molecule has 0 aliphatic heterocycles. The van der Waals surface area contributed by atoms with Crippen LogP contribution in [0.1, 0.15) is 23.0 Å². The van der Waals surface area contributed by atoms with Crippen LogP contribution in [-0.4, -0.2) is 37.4 Å². The Morgan fingerprint density at radius 2 is 1.73 bits per heavy atom. The lowest BCUT2D eigenvalue weighted by Crippen LogP contribution is -2.44. The van der Waals surface area contributed by atoms with Crippen molar-refractivity contribution in [3.05, 3.63) is 59.4 Å². The fraction of sp³-hybridized carbons (Fsp3) is 0.235. The number of sulfonamides is 1. The van der Waals surface area contributed by atoms with Gasteiger partial charge in [0.1, 0.15) is 11.6 Å². The quantitative estimate of drug-likeness (QED) is 0.496. The third-order valence-electron chi connectivity index (χ3n) is 3.73. The van der Waals surface area contributed by atoms with Crippen molar-refractivity contribution in [1.29, 1.82) is 0 Å². The molecule has 162 valence electrons. The van der Waals surface area contributed by atoms with Crippen LogP contribution in [0.25, 0.3) is 0 Å². The third kappa shape index (κ3) is 5.89. The largest absolute Gasteiger partial charge is 0.317 e. The number of hydrogen-bond donors (Lipinski definition) is 2. The molecule has 2 N–H and O–H groups in total. The van der Waals surface area contributed by atoms with Crippen molar-refractivity contribution in [3.63, 3.8) is 0 Å². The van der Waals surface area contributed by atoms with E-state index in [9.17, 15) is 35.6 Å². The molecule has 2 aromatic rings. The number of alkyl halides is 2.